The van der Waals surface area contributed by atoms with Crippen LogP contribution in [0.2, 0.25) is 0 Å². The van der Waals surface area contributed by atoms with Crippen LogP contribution < -0.4 is 16.0 Å². The third-order valence-electron chi connectivity index (χ3n) is 4.31. The Morgan fingerprint density at radius 3 is 2.78 bits per heavy atom. The first-order valence-electron chi connectivity index (χ1n) is 7.70. The fourth-order valence-corrected chi connectivity index (χ4v) is 2.77. The van der Waals surface area contributed by atoms with Gasteiger partial charge in [-0.25, -0.2) is 4.39 Å². The maximum atomic E-state index is 13.9. The Bertz CT molecular complexity index is 607. The second-order valence-electron chi connectivity index (χ2n) is 6.02. The molecule has 1 aromatic carbocycles. The monoisotopic (exact) mass is 341 g/mol. The number of amides is 2. The Balaban J connectivity index is 0.00000192. The number of anilines is 1. The molecule has 0 bridgehead atoms. The smallest absolute Gasteiger partial charge is 0.254 e. The quantitative estimate of drug-likeness (QED) is 0.858. The van der Waals surface area contributed by atoms with Crippen molar-refractivity contribution in [2.45, 2.75) is 31.7 Å². The molecule has 126 valence electrons. The standard InChI is InChI=1S/C16H20FN3O2.ClH/c17-13-6-5-11(20-7-1-2-15(20)21)8-12(13)16(22)19-9-14(18)10-3-4-10;/h5-6,8,10,14H,1-4,7,9,18H2,(H,19,22);1H. The summed E-state index contributed by atoms with van der Waals surface area (Å²) >= 11 is 0. The normalized spacial score (nSPS) is 18.5. The van der Waals surface area contributed by atoms with Gasteiger partial charge < -0.3 is 16.0 Å². The van der Waals surface area contributed by atoms with E-state index >= 15 is 0 Å². The van der Waals surface area contributed by atoms with Crippen LogP contribution in [0.3, 0.4) is 0 Å². The molecule has 2 amide bonds. The molecule has 0 aromatic heterocycles. The zero-order valence-corrected chi connectivity index (χ0v) is 13.6. The molecule has 23 heavy (non-hydrogen) atoms. The molecule has 0 spiro atoms. The van der Waals surface area contributed by atoms with E-state index in [1.807, 2.05) is 0 Å². The Hall–Kier alpha value is -1.66. The largest absolute Gasteiger partial charge is 0.350 e. The van der Waals surface area contributed by atoms with Crippen molar-refractivity contribution in [2.24, 2.45) is 11.7 Å². The number of hydrogen-bond donors (Lipinski definition) is 2. The van der Waals surface area contributed by atoms with Gasteiger partial charge in [-0.3, -0.25) is 9.59 Å². The lowest BCUT2D eigenvalue weighted by molar-refractivity contribution is -0.117. The second-order valence-corrected chi connectivity index (χ2v) is 6.02. The van der Waals surface area contributed by atoms with Crippen molar-refractivity contribution in [1.82, 2.24) is 5.32 Å². The van der Waals surface area contributed by atoms with Gasteiger partial charge in [0.25, 0.3) is 5.91 Å². The molecule has 1 aromatic rings. The Kier molecular flexibility index (Phi) is 5.59. The summed E-state index contributed by atoms with van der Waals surface area (Å²) in [5, 5.41) is 2.68. The Morgan fingerprint density at radius 1 is 1.43 bits per heavy atom. The highest BCUT2D eigenvalue weighted by atomic mass is 35.5. The van der Waals surface area contributed by atoms with Gasteiger partial charge in [-0.2, -0.15) is 0 Å². The highest BCUT2D eigenvalue weighted by Gasteiger charge is 2.29. The summed E-state index contributed by atoms with van der Waals surface area (Å²) in [7, 11) is 0. The minimum absolute atomic E-state index is 0. The predicted octanol–water partition coefficient (Wildman–Crippen LogP) is 1.84. The van der Waals surface area contributed by atoms with Crippen LogP contribution >= 0.6 is 12.4 Å². The lowest BCUT2D eigenvalue weighted by Crippen LogP contribution is -2.38. The van der Waals surface area contributed by atoms with E-state index in [4.69, 9.17) is 5.73 Å². The molecule has 7 heteroatoms. The third-order valence-corrected chi connectivity index (χ3v) is 4.31. The number of benzene rings is 1. The van der Waals surface area contributed by atoms with E-state index in [-0.39, 0.29) is 29.9 Å². The molecule has 3 rings (SSSR count). The van der Waals surface area contributed by atoms with E-state index in [1.54, 1.807) is 4.90 Å². The van der Waals surface area contributed by atoms with Gasteiger partial charge in [-0.1, -0.05) is 0 Å². The zero-order chi connectivity index (χ0) is 15.7. The van der Waals surface area contributed by atoms with Crippen LogP contribution in [0.25, 0.3) is 0 Å². The van der Waals surface area contributed by atoms with E-state index in [1.165, 1.54) is 18.2 Å². The van der Waals surface area contributed by atoms with Gasteiger partial charge in [-0.05, 0) is 43.4 Å². The zero-order valence-electron chi connectivity index (χ0n) is 12.8. The molecule has 1 heterocycles. The van der Waals surface area contributed by atoms with Crippen LogP contribution in [0, 0.1) is 11.7 Å². The molecule has 5 nitrogen and oxygen atoms in total. The fraction of sp³-hybridized carbons (Fsp3) is 0.500. The summed E-state index contributed by atoms with van der Waals surface area (Å²) in [5.41, 5.74) is 6.46. The van der Waals surface area contributed by atoms with Gasteiger partial charge in [0.05, 0.1) is 5.56 Å². The van der Waals surface area contributed by atoms with E-state index in [0.717, 1.165) is 19.3 Å². The average Bonchev–Trinajstić information content (AvgIpc) is 3.27. The van der Waals surface area contributed by atoms with Crippen LogP contribution in [-0.2, 0) is 4.79 Å². The van der Waals surface area contributed by atoms with Crippen LogP contribution in [0.4, 0.5) is 10.1 Å². The molecule has 2 aliphatic rings. The third kappa shape index (κ3) is 4.00. The minimum Gasteiger partial charge on any atom is -0.350 e. The first kappa shape index (κ1) is 17.7. The number of carbonyl (C=O) groups is 2. The maximum absolute atomic E-state index is 13.9. The summed E-state index contributed by atoms with van der Waals surface area (Å²) in [5.74, 6) is -0.595. The Morgan fingerprint density at radius 2 is 2.17 bits per heavy atom. The van der Waals surface area contributed by atoms with E-state index in [0.29, 0.717) is 31.1 Å². The van der Waals surface area contributed by atoms with Crippen molar-refractivity contribution in [3.8, 4) is 0 Å². The molecular weight excluding hydrogens is 321 g/mol. The van der Waals surface area contributed by atoms with Crippen molar-refractivity contribution in [3.63, 3.8) is 0 Å². The molecule has 1 atom stereocenters. The molecule has 1 saturated carbocycles. The molecule has 1 aliphatic carbocycles. The SMILES string of the molecule is Cl.NC(CNC(=O)c1cc(N2CCCC2=O)ccc1F)C1CC1. The molecule has 1 unspecified atom stereocenters. The summed E-state index contributed by atoms with van der Waals surface area (Å²) in [6, 6.07) is 4.13. The summed E-state index contributed by atoms with van der Waals surface area (Å²) in [6.45, 7) is 0.952. The van der Waals surface area contributed by atoms with Gasteiger partial charge in [-0.15, -0.1) is 12.4 Å². The van der Waals surface area contributed by atoms with Crippen molar-refractivity contribution in [3.05, 3.63) is 29.6 Å². The van der Waals surface area contributed by atoms with Crippen LogP contribution in [-0.4, -0.2) is 30.9 Å². The number of nitrogens with zero attached hydrogens (tertiary/aromatic N) is 1. The van der Waals surface area contributed by atoms with Gasteiger partial charge in [0.2, 0.25) is 5.91 Å². The van der Waals surface area contributed by atoms with Crippen molar-refractivity contribution < 1.29 is 14.0 Å². The number of halogens is 2. The van der Waals surface area contributed by atoms with Gasteiger partial charge in [0.15, 0.2) is 0 Å². The first-order valence-corrected chi connectivity index (χ1v) is 7.70. The van der Waals surface area contributed by atoms with Crippen molar-refractivity contribution in [1.29, 1.82) is 0 Å². The number of nitrogens with two attached hydrogens (primary N) is 1. The minimum atomic E-state index is -0.590. The molecule has 1 saturated heterocycles. The summed E-state index contributed by atoms with van der Waals surface area (Å²) < 4.78 is 13.9. The molecule has 3 N–H and O–H groups in total. The number of carbonyl (C=O) groups excluding carboxylic acids is 2. The lowest BCUT2D eigenvalue weighted by atomic mass is 10.1. The average molecular weight is 342 g/mol. The molecular formula is C16H21ClFN3O2. The molecule has 0 radical (unpaired) electrons. The Labute approximate surface area is 140 Å². The summed E-state index contributed by atoms with van der Waals surface area (Å²) in [4.78, 5) is 25.5. The fourth-order valence-electron chi connectivity index (χ4n) is 2.77. The van der Waals surface area contributed by atoms with E-state index in [9.17, 15) is 14.0 Å². The topological polar surface area (TPSA) is 75.4 Å². The number of nitrogens with one attached hydrogen (secondary N) is 1. The second kappa shape index (κ2) is 7.27. The highest BCUT2D eigenvalue weighted by molar-refractivity contribution is 5.99. The molecule has 2 fully saturated rings. The van der Waals surface area contributed by atoms with Gasteiger partial charge >= 0.3 is 0 Å². The van der Waals surface area contributed by atoms with Crippen molar-refractivity contribution in [2.75, 3.05) is 18.0 Å². The summed E-state index contributed by atoms with van der Waals surface area (Å²) in [6.07, 6.45) is 3.47. The van der Waals surface area contributed by atoms with Gasteiger partial charge in [0, 0.05) is 31.2 Å². The predicted molar refractivity (Wildman–Crippen MR) is 88.3 cm³/mol. The molecule has 1 aliphatic heterocycles. The first-order chi connectivity index (χ1) is 10.6. The van der Waals surface area contributed by atoms with Crippen LogP contribution in [0.15, 0.2) is 18.2 Å². The number of hydrogen-bond acceptors (Lipinski definition) is 3. The highest BCUT2D eigenvalue weighted by Crippen LogP contribution is 2.31. The van der Waals surface area contributed by atoms with Crippen LogP contribution in [0.1, 0.15) is 36.0 Å². The number of rotatable bonds is 5. The van der Waals surface area contributed by atoms with E-state index in [2.05, 4.69) is 5.32 Å². The lowest BCUT2D eigenvalue weighted by Gasteiger charge is -2.17. The van der Waals surface area contributed by atoms with Crippen LogP contribution in [0.5, 0.6) is 0 Å². The maximum Gasteiger partial charge on any atom is 0.254 e. The van der Waals surface area contributed by atoms with E-state index < -0.39 is 11.7 Å². The van der Waals surface area contributed by atoms with Crippen molar-refractivity contribution >= 4 is 29.9 Å². The van der Waals surface area contributed by atoms with Gasteiger partial charge in [0.1, 0.15) is 5.82 Å².